The molecule has 0 aliphatic rings. The van der Waals surface area contributed by atoms with Crippen LogP contribution in [0.5, 0.6) is 0 Å². The van der Waals surface area contributed by atoms with Crippen molar-refractivity contribution in [1.29, 1.82) is 0 Å². The highest BCUT2D eigenvalue weighted by atomic mass is 19.1. The first-order valence-electron chi connectivity index (χ1n) is 5.03. The summed E-state index contributed by atoms with van der Waals surface area (Å²) in [7, 11) is 1.72. The Bertz CT molecular complexity index is 563. The Labute approximate surface area is 96.7 Å². The number of carbonyl (C=O) groups is 1. The van der Waals surface area contributed by atoms with Crippen molar-refractivity contribution in [1.82, 2.24) is 9.78 Å². The van der Waals surface area contributed by atoms with Gasteiger partial charge < -0.3 is 0 Å². The van der Waals surface area contributed by atoms with Gasteiger partial charge in [0.25, 0.3) is 0 Å². The first-order chi connectivity index (χ1) is 8.06. The molecule has 0 atom stereocenters. The molecule has 1 aromatic carbocycles. The van der Waals surface area contributed by atoms with E-state index in [9.17, 15) is 13.6 Å². The predicted molar refractivity (Wildman–Crippen MR) is 57.6 cm³/mol. The molecule has 88 valence electrons. The molecule has 0 aliphatic carbocycles. The van der Waals surface area contributed by atoms with Gasteiger partial charge in [-0.1, -0.05) is 0 Å². The normalized spacial score (nSPS) is 10.5. The highest BCUT2D eigenvalue weighted by Crippen LogP contribution is 2.12. The van der Waals surface area contributed by atoms with E-state index in [4.69, 9.17) is 0 Å². The molecule has 0 saturated carbocycles. The molecule has 5 heteroatoms. The molecule has 17 heavy (non-hydrogen) atoms. The molecule has 0 bridgehead atoms. The second kappa shape index (κ2) is 4.45. The zero-order valence-electron chi connectivity index (χ0n) is 9.15. The highest BCUT2D eigenvalue weighted by molar-refractivity contribution is 5.97. The molecule has 1 aromatic heterocycles. The van der Waals surface area contributed by atoms with E-state index in [2.05, 4.69) is 5.10 Å². The summed E-state index contributed by atoms with van der Waals surface area (Å²) < 4.78 is 27.8. The van der Waals surface area contributed by atoms with Crippen LogP contribution in [-0.2, 0) is 13.5 Å². The average Bonchev–Trinajstić information content (AvgIpc) is 2.67. The van der Waals surface area contributed by atoms with Gasteiger partial charge in [-0.2, -0.15) is 5.10 Å². The summed E-state index contributed by atoms with van der Waals surface area (Å²) >= 11 is 0. The number of halogens is 2. The van der Waals surface area contributed by atoms with Crippen molar-refractivity contribution in [2.45, 2.75) is 6.42 Å². The predicted octanol–water partition coefficient (Wildman–Crippen LogP) is 2.12. The van der Waals surface area contributed by atoms with Crippen LogP contribution < -0.4 is 0 Å². The van der Waals surface area contributed by atoms with Gasteiger partial charge in [-0.3, -0.25) is 9.48 Å². The first kappa shape index (κ1) is 11.4. The molecule has 0 spiro atoms. The molecule has 0 amide bonds. The van der Waals surface area contributed by atoms with E-state index >= 15 is 0 Å². The summed E-state index contributed by atoms with van der Waals surface area (Å²) in [4.78, 5) is 11.7. The Kier molecular flexibility index (Phi) is 2.99. The van der Waals surface area contributed by atoms with Crippen molar-refractivity contribution in [2.75, 3.05) is 0 Å². The highest BCUT2D eigenvalue weighted by Gasteiger charge is 2.14. The zero-order chi connectivity index (χ0) is 12.4. The second-order valence-corrected chi connectivity index (χ2v) is 3.70. The van der Waals surface area contributed by atoms with Crippen molar-refractivity contribution in [2.24, 2.45) is 7.05 Å². The lowest BCUT2D eigenvalue weighted by Gasteiger charge is -2.01. The maximum atomic E-state index is 13.3. The quantitative estimate of drug-likeness (QED) is 0.765. The topological polar surface area (TPSA) is 34.9 Å². The fourth-order valence-corrected chi connectivity index (χ4v) is 1.53. The number of aryl methyl sites for hydroxylation is 1. The first-order valence-corrected chi connectivity index (χ1v) is 5.03. The Balaban J connectivity index is 2.22. The molecular formula is C12H10F2N2O. The maximum absolute atomic E-state index is 13.3. The molecule has 1 heterocycles. The molecule has 0 unspecified atom stereocenters. The molecule has 0 aliphatic heterocycles. The van der Waals surface area contributed by atoms with Crippen LogP contribution in [0.1, 0.15) is 16.1 Å². The fourth-order valence-electron chi connectivity index (χ4n) is 1.53. The standard InChI is InChI=1S/C12H10F2N2O/c1-16-5-4-9(15-16)7-12(17)10-6-8(13)2-3-11(10)14/h2-6H,7H2,1H3. The van der Waals surface area contributed by atoms with Gasteiger partial charge in [0.1, 0.15) is 11.6 Å². The molecule has 0 radical (unpaired) electrons. The lowest BCUT2D eigenvalue weighted by molar-refractivity contribution is 0.0987. The third-order valence-corrected chi connectivity index (χ3v) is 2.34. The lowest BCUT2D eigenvalue weighted by Crippen LogP contribution is -2.07. The molecule has 0 saturated heterocycles. The van der Waals surface area contributed by atoms with Crippen LogP contribution >= 0.6 is 0 Å². The summed E-state index contributed by atoms with van der Waals surface area (Å²) in [5.41, 5.74) is 0.289. The zero-order valence-corrected chi connectivity index (χ0v) is 9.15. The van der Waals surface area contributed by atoms with E-state index in [1.54, 1.807) is 24.0 Å². The molecule has 0 fully saturated rings. The number of rotatable bonds is 3. The summed E-state index contributed by atoms with van der Waals surface area (Å²) in [5.74, 6) is -1.83. The second-order valence-electron chi connectivity index (χ2n) is 3.70. The largest absolute Gasteiger partial charge is 0.294 e. The number of aromatic nitrogens is 2. The summed E-state index contributed by atoms with van der Waals surface area (Å²) in [5, 5.41) is 4.01. The molecule has 3 nitrogen and oxygen atoms in total. The van der Waals surface area contributed by atoms with Gasteiger partial charge >= 0.3 is 0 Å². The van der Waals surface area contributed by atoms with Crippen molar-refractivity contribution >= 4 is 5.78 Å². The minimum Gasteiger partial charge on any atom is -0.294 e. The van der Waals surface area contributed by atoms with Gasteiger partial charge in [0, 0.05) is 13.2 Å². The van der Waals surface area contributed by atoms with Crippen LogP contribution in [0.3, 0.4) is 0 Å². The number of carbonyl (C=O) groups excluding carboxylic acids is 1. The number of hydrogen-bond acceptors (Lipinski definition) is 2. The smallest absolute Gasteiger partial charge is 0.171 e. The van der Waals surface area contributed by atoms with Gasteiger partial charge in [0.2, 0.25) is 0 Å². The molecule has 0 N–H and O–H groups in total. The Morgan fingerprint density at radius 3 is 2.76 bits per heavy atom. The van der Waals surface area contributed by atoms with E-state index in [1.165, 1.54) is 0 Å². The van der Waals surface area contributed by atoms with E-state index in [0.29, 0.717) is 5.69 Å². The van der Waals surface area contributed by atoms with E-state index in [0.717, 1.165) is 18.2 Å². The Hall–Kier alpha value is -2.04. The average molecular weight is 236 g/mol. The Morgan fingerprint density at radius 2 is 2.12 bits per heavy atom. The molecule has 2 rings (SSSR count). The van der Waals surface area contributed by atoms with Crippen molar-refractivity contribution in [3.63, 3.8) is 0 Å². The van der Waals surface area contributed by atoms with Crippen LogP contribution in [0.15, 0.2) is 30.5 Å². The number of nitrogens with zero attached hydrogens (tertiary/aromatic N) is 2. The van der Waals surface area contributed by atoms with Crippen LogP contribution in [0.2, 0.25) is 0 Å². The third kappa shape index (κ3) is 2.55. The van der Waals surface area contributed by atoms with Crippen molar-refractivity contribution in [3.8, 4) is 0 Å². The molecular weight excluding hydrogens is 226 g/mol. The fraction of sp³-hybridized carbons (Fsp3) is 0.167. The monoisotopic (exact) mass is 236 g/mol. The number of hydrogen-bond donors (Lipinski definition) is 0. The van der Waals surface area contributed by atoms with Crippen LogP contribution in [0.25, 0.3) is 0 Å². The van der Waals surface area contributed by atoms with Gasteiger partial charge in [-0.05, 0) is 24.3 Å². The summed E-state index contributed by atoms with van der Waals surface area (Å²) in [6, 6.07) is 4.49. The van der Waals surface area contributed by atoms with Crippen LogP contribution in [0, 0.1) is 11.6 Å². The summed E-state index contributed by atoms with van der Waals surface area (Å²) in [6.45, 7) is 0. The minimum atomic E-state index is -0.715. The third-order valence-electron chi connectivity index (χ3n) is 2.34. The van der Waals surface area contributed by atoms with Gasteiger partial charge in [-0.25, -0.2) is 8.78 Å². The molecule has 2 aromatic rings. The van der Waals surface area contributed by atoms with Crippen molar-refractivity contribution in [3.05, 3.63) is 53.4 Å². The maximum Gasteiger partial charge on any atom is 0.171 e. The SMILES string of the molecule is Cn1ccc(CC(=O)c2cc(F)ccc2F)n1. The number of Topliss-reactive ketones (excluding diaryl/α,β-unsaturated/α-hetero) is 1. The number of ketones is 1. The van der Waals surface area contributed by atoms with Crippen LogP contribution in [0.4, 0.5) is 8.78 Å². The summed E-state index contributed by atoms with van der Waals surface area (Å²) in [6.07, 6.45) is 1.64. The van der Waals surface area contributed by atoms with Gasteiger partial charge in [0.15, 0.2) is 5.78 Å². The lowest BCUT2D eigenvalue weighted by atomic mass is 10.1. The minimum absolute atomic E-state index is 0.0405. The van der Waals surface area contributed by atoms with Crippen molar-refractivity contribution < 1.29 is 13.6 Å². The Morgan fingerprint density at radius 1 is 1.35 bits per heavy atom. The van der Waals surface area contributed by atoms with Gasteiger partial charge in [-0.15, -0.1) is 0 Å². The van der Waals surface area contributed by atoms with Crippen LogP contribution in [-0.4, -0.2) is 15.6 Å². The van der Waals surface area contributed by atoms with E-state index in [-0.39, 0.29) is 12.0 Å². The number of benzene rings is 1. The van der Waals surface area contributed by atoms with E-state index < -0.39 is 17.4 Å². The van der Waals surface area contributed by atoms with E-state index in [1.807, 2.05) is 0 Å². The van der Waals surface area contributed by atoms with Gasteiger partial charge in [0.05, 0.1) is 17.7 Å².